The first-order valence-corrected chi connectivity index (χ1v) is 5.32. The van der Waals surface area contributed by atoms with Gasteiger partial charge in [0.2, 0.25) is 0 Å². The van der Waals surface area contributed by atoms with Gasteiger partial charge in [0.25, 0.3) is 0 Å². The Kier molecular flexibility index (Phi) is 4.27. The van der Waals surface area contributed by atoms with Crippen molar-refractivity contribution in [2.75, 3.05) is 0 Å². The van der Waals surface area contributed by atoms with Crippen LogP contribution in [0.1, 0.15) is 17.3 Å². The zero-order valence-electron chi connectivity index (χ0n) is 7.56. The third kappa shape index (κ3) is 3.27. The molecule has 0 radical (unpaired) electrons. The van der Waals surface area contributed by atoms with E-state index in [0.717, 1.165) is 0 Å². The Morgan fingerprint density at radius 1 is 1.53 bits per heavy atom. The Hall–Kier alpha value is -0.430. The maximum Gasteiger partial charge on any atom is 0.387 e. The van der Waals surface area contributed by atoms with Crippen LogP contribution in [-0.4, -0.2) is 12.4 Å². The Morgan fingerprint density at radius 3 is 2.60 bits per heavy atom. The molecule has 0 aromatic heterocycles. The fourth-order valence-corrected chi connectivity index (χ4v) is 1.70. The molecule has 0 atom stereocenters. The number of rotatable bonds is 3. The molecule has 0 unspecified atom stereocenters. The van der Waals surface area contributed by atoms with Crippen LogP contribution in [0.15, 0.2) is 12.1 Å². The molecule has 0 bridgehead atoms. The van der Waals surface area contributed by atoms with Crippen LogP contribution in [0.3, 0.4) is 0 Å². The number of halogens is 4. The van der Waals surface area contributed by atoms with Crippen molar-refractivity contribution in [1.29, 1.82) is 0 Å². The zero-order valence-corrected chi connectivity index (χ0v) is 10.5. The SMILES string of the molecule is CC(=O)c1cc(I)c(Cl)c(OC(F)F)c1. The molecule has 82 valence electrons. The Balaban J connectivity index is 3.19. The predicted octanol–water partition coefficient (Wildman–Crippen LogP) is 3.75. The molecule has 0 N–H and O–H groups in total. The molecule has 0 aliphatic heterocycles. The van der Waals surface area contributed by atoms with Gasteiger partial charge in [0, 0.05) is 9.13 Å². The van der Waals surface area contributed by atoms with E-state index in [-0.39, 0.29) is 16.6 Å². The van der Waals surface area contributed by atoms with Gasteiger partial charge < -0.3 is 4.74 Å². The van der Waals surface area contributed by atoms with Crippen molar-refractivity contribution in [3.8, 4) is 5.75 Å². The highest BCUT2D eigenvalue weighted by molar-refractivity contribution is 14.1. The van der Waals surface area contributed by atoms with Crippen molar-refractivity contribution in [3.05, 3.63) is 26.3 Å². The number of ether oxygens (including phenoxy) is 1. The Labute approximate surface area is 104 Å². The van der Waals surface area contributed by atoms with Crippen molar-refractivity contribution in [1.82, 2.24) is 0 Å². The average Bonchev–Trinajstić information content (AvgIpc) is 2.11. The lowest BCUT2D eigenvalue weighted by Gasteiger charge is -2.09. The molecule has 0 amide bonds. The fraction of sp³-hybridized carbons (Fsp3) is 0.222. The molecule has 1 aromatic carbocycles. The predicted molar refractivity (Wildman–Crippen MR) is 60.8 cm³/mol. The summed E-state index contributed by atoms with van der Waals surface area (Å²) in [5.74, 6) is -0.410. The zero-order chi connectivity index (χ0) is 11.6. The van der Waals surface area contributed by atoms with E-state index in [1.807, 2.05) is 22.6 Å². The van der Waals surface area contributed by atoms with Crippen molar-refractivity contribution in [2.24, 2.45) is 0 Å². The molecule has 0 saturated heterocycles. The van der Waals surface area contributed by atoms with Crippen molar-refractivity contribution < 1.29 is 18.3 Å². The molecule has 1 rings (SSSR count). The molecular formula is C9H6ClF2IO2. The van der Waals surface area contributed by atoms with Gasteiger partial charge in [-0.15, -0.1) is 0 Å². The molecule has 0 aliphatic carbocycles. The summed E-state index contributed by atoms with van der Waals surface area (Å²) in [7, 11) is 0. The van der Waals surface area contributed by atoms with Crippen LogP contribution in [0.25, 0.3) is 0 Å². The molecule has 0 aliphatic rings. The number of hydrogen-bond acceptors (Lipinski definition) is 2. The standard InChI is InChI=1S/C9H6ClF2IO2/c1-4(14)5-2-6(13)8(10)7(3-5)15-9(11)12/h2-3,9H,1H3. The number of hydrogen-bond donors (Lipinski definition) is 0. The summed E-state index contributed by atoms with van der Waals surface area (Å²) in [6.07, 6.45) is 0. The summed E-state index contributed by atoms with van der Waals surface area (Å²) in [6.45, 7) is -1.62. The van der Waals surface area contributed by atoms with Gasteiger partial charge in [0.05, 0.1) is 5.02 Å². The van der Waals surface area contributed by atoms with Crippen LogP contribution in [0.5, 0.6) is 5.75 Å². The van der Waals surface area contributed by atoms with Gasteiger partial charge in [-0.05, 0) is 41.6 Å². The number of carbonyl (C=O) groups excluding carboxylic acids is 1. The van der Waals surface area contributed by atoms with Crippen molar-refractivity contribution >= 4 is 40.0 Å². The van der Waals surface area contributed by atoms with Crippen molar-refractivity contribution in [2.45, 2.75) is 13.5 Å². The van der Waals surface area contributed by atoms with Gasteiger partial charge in [-0.1, -0.05) is 11.6 Å². The van der Waals surface area contributed by atoms with Crippen LogP contribution in [-0.2, 0) is 0 Å². The van der Waals surface area contributed by atoms with Crippen LogP contribution in [0.4, 0.5) is 8.78 Å². The largest absolute Gasteiger partial charge is 0.433 e. The Morgan fingerprint density at radius 2 is 2.13 bits per heavy atom. The molecule has 0 heterocycles. The first-order chi connectivity index (χ1) is 6.91. The van der Waals surface area contributed by atoms with Crippen LogP contribution in [0, 0.1) is 3.57 Å². The second kappa shape index (κ2) is 5.07. The lowest BCUT2D eigenvalue weighted by Crippen LogP contribution is -2.04. The third-order valence-corrected chi connectivity index (χ3v) is 3.18. The van der Waals surface area contributed by atoms with Gasteiger partial charge >= 0.3 is 6.61 Å². The molecule has 1 aromatic rings. The number of carbonyl (C=O) groups is 1. The fourth-order valence-electron chi connectivity index (χ4n) is 0.949. The normalized spacial score (nSPS) is 10.5. The molecule has 0 saturated carbocycles. The van der Waals surface area contributed by atoms with E-state index in [1.165, 1.54) is 19.1 Å². The quantitative estimate of drug-likeness (QED) is 0.615. The van der Waals surface area contributed by atoms with Gasteiger partial charge in [0.1, 0.15) is 5.75 Å². The number of ketones is 1. The second-order valence-corrected chi connectivity index (χ2v) is 4.25. The van der Waals surface area contributed by atoms with Crippen LogP contribution >= 0.6 is 34.2 Å². The van der Waals surface area contributed by atoms with E-state index in [0.29, 0.717) is 9.13 Å². The highest BCUT2D eigenvalue weighted by Crippen LogP contribution is 2.32. The summed E-state index contributed by atoms with van der Waals surface area (Å²) in [5.41, 5.74) is 0.291. The summed E-state index contributed by atoms with van der Waals surface area (Å²) in [4.78, 5) is 11.1. The average molecular weight is 346 g/mol. The van der Waals surface area contributed by atoms with Crippen LogP contribution < -0.4 is 4.74 Å². The minimum atomic E-state index is -2.96. The summed E-state index contributed by atoms with van der Waals surface area (Å²) >= 11 is 7.58. The van der Waals surface area contributed by atoms with Gasteiger partial charge in [0.15, 0.2) is 5.78 Å². The molecule has 15 heavy (non-hydrogen) atoms. The maximum atomic E-state index is 12.0. The molecule has 0 spiro atoms. The number of benzene rings is 1. The molecular weight excluding hydrogens is 340 g/mol. The van der Waals surface area contributed by atoms with Gasteiger partial charge in [-0.2, -0.15) is 8.78 Å². The lowest BCUT2D eigenvalue weighted by atomic mass is 10.1. The monoisotopic (exact) mass is 346 g/mol. The molecule has 0 fully saturated rings. The lowest BCUT2D eigenvalue weighted by molar-refractivity contribution is -0.0498. The summed E-state index contributed by atoms with van der Waals surface area (Å²) in [5, 5.41) is 0.0842. The number of Topliss-reactive ketones (excluding diaryl/α,β-unsaturated/α-hetero) is 1. The van der Waals surface area contributed by atoms with E-state index in [4.69, 9.17) is 11.6 Å². The Bertz CT molecular complexity index is 396. The van der Waals surface area contributed by atoms with Crippen molar-refractivity contribution in [3.63, 3.8) is 0 Å². The topological polar surface area (TPSA) is 26.3 Å². The maximum absolute atomic E-state index is 12.0. The first kappa shape index (κ1) is 12.6. The highest BCUT2D eigenvalue weighted by atomic mass is 127. The van der Waals surface area contributed by atoms with E-state index in [9.17, 15) is 13.6 Å². The highest BCUT2D eigenvalue weighted by Gasteiger charge is 2.14. The summed E-state index contributed by atoms with van der Waals surface area (Å²) in [6, 6.07) is 2.72. The first-order valence-electron chi connectivity index (χ1n) is 3.86. The second-order valence-electron chi connectivity index (χ2n) is 2.70. The molecule has 6 heteroatoms. The van der Waals surface area contributed by atoms with E-state index in [1.54, 1.807) is 0 Å². The van der Waals surface area contributed by atoms with E-state index >= 15 is 0 Å². The number of alkyl halides is 2. The van der Waals surface area contributed by atoms with Crippen LogP contribution in [0.2, 0.25) is 5.02 Å². The van der Waals surface area contributed by atoms with E-state index < -0.39 is 6.61 Å². The third-order valence-electron chi connectivity index (χ3n) is 1.62. The smallest absolute Gasteiger partial charge is 0.387 e. The molecule has 2 nitrogen and oxygen atoms in total. The van der Waals surface area contributed by atoms with E-state index in [2.05, 4.69) is 4.74 Å². The minimum absolute atomic E-state index is 0.0842. The minimum Gasteiger partial charge on any atom is -0.433 e. The van der Waals surface area contributed by atoms with Gasteiger partial charge in [-0.25, -0.2) is 0 Å². The van der Waals surface area contributed by atoms with Gasteiger partial charge in [-0.3, -0.25) is 4.79 Å². The summed E-state index contributed by atoms with van der Waals surface area (Å²) < 4.78 is 28.7.